The minimum atomic E-state index is -0.0815. The van der Waals surface area contributed by atoms with Crippen LogP contribution in [0.1, 0.15) is 21.5 Å². The van der Waals surface area contributed by atoms with E-state index in [0.29, 0.717) is 30.3 Å². The van der Waals surface area contributed by atoms with Crippen molar-refractivity contribution in [1.29, 1.82) is 0 Å². The third-order valence-corrected chi connectivity index (χ3v) is 4.08. The molecule has 7 heteroatoms. The molecule has 7 nitrogen and oxygen atoms in total. The molecule has 0 spiro atoms. The van der Waals surface area contributed by atoms with Gasteiger partial charge in [-0.25, -0.2) is 0 Å². The summed E-state index contributed by atoms with van der Waals surface area (Å²) in [4.78, 5) is 16.2. The summed E-state index contributed by atoms with van der Waals surface area (Å²) in [5.41, 5.74) is 3.80. The average Bonchev–Trinajstić information content (AvgIpc) is 2.69. The molecular formula is C20H22N6O. The van der Waals surface area contributed by atoms with Gasteiger partial charge in [-0.15, -0.1) is 10.2 Å². The second-order valence-corrected chi connectivity index (χ2v) is 6.15. The maximum atomic E-state index is 12.2. The van der Waals surface area contributed by atoms with Crippen LogP contribution in [0, 0.1) is 13.8 Å². The van der Waals surface area contributed by atoms with Crippen molar-refractivity contribution in [3.63, 3.8) is 0 Å². The van der Waals surface area contributed by atoms with Crippen molar-refractivity contribution >= 4 is 23.2 Å². The molecule has 1 aromatic carbocycles. The summed E-state index contributed by atoms with van der Waals surface area (Å²) in [7, 11) is 0. The largest absolute Gasteiger partial charge is 0.367 e. The van der Waals surface area contributed by atoms with E-state index < -0.39 is 0 Å². The summed E-state index contributed by atoms with van der Waals surface area (Å²) in [6.07, 6.45) is 3.43. The molecule has 27 heavy (non-hydrogen) atoms. The fraction of sp³-hybridized carbons (Fsp3) is 0.200. The average molecular weight is 362 g/mol. The Hall–Kier alpha value is -3.48. The number of hydrogen-bond donors (Lipinski definition) is 3. The van der Waals surface area contributed by atoms with E-state index >= 15 is 0 Å². The highest BCUT2D eigenvalue weighted by molar-refractivity contribution is 5.94. The molecule has 1 amide bonds. The van der Waals surface area contributed by atoms with E-state index in [1.807, 2.05) is 56.3 Å². The number of nitrogens with one attached hydrogen (secondary N) is 3. The first-order valence-corrected chi connectivity index (χ1v) is 8.72. The number of aryl methyl sites for hydroxylation is 2. The van der Waals surface area contributed by atoms with Gasteiger partial charge in [-0.3, -0.25) is 9.78 Å². The zero-order valence-electron chi connectivity index (χ0n) is 15.4. The van der Waals surface area contributed by atoms with Gasteiger partial charge in [0.15, 0.2) is 5.82 Å². The summed E-state index contributed by atoms with van der Waals surface area (Å²) in [5.74, 6) is 1.20. The summed E-state index contributed by atoms with van der Waals surface area (Å²) in [6.45, 7) is 5.07. The second-order valence-electron chi connectivity index (χ2n) is 6.15. The Kier molecular flexibility index (Phi) is 5.94. The van der Waals surface area contributed by atoms with Crippen molar-refractivity contribution < 1.29 is 4.79 Å². The minimum Gasteiger partial charge on any atom is -0.367 e. The van der Waals surface area contributed by atoms with Gasteiger partial charge in [-0.2, -0.15) is 0 Å². The molecule has 138 valence electrons. The first-order chi connectivity index (χ1) is 13.1. The Balaban J connectivity index is 1.43. The first-order valence-electron chi connectivity index (χ1n) is 8.72. The zero-order valence-corrected chi connectivity index (χ0v) is 15.4. The van der Waals surface area contributed by atoms with Crippen molar-refractivity contribution in [3.8, 4) is 0 Å². The lowest BCUT2D eigenvalue weighted by Crippen LogP contribution is -2.29. The number of amides is 1. The van der Waals surface area contributed by atoms with Crippen LogP contribution in [0.4, 0.5) is 17.3 Å². The van der Waals surface area contributed by atoms with Gasteiger partial charge in [0.25, 0.3) is 5.91 Å². The number of hydrogen-bond acceptors (Lipinski definition) is 6. The molecule has 0 unspecified atom stereocenters. The third-order valence-electron chi connectivity index (χ3n) is 4.08. The van der Waals surface area contributed by atoms with Gasteiger partial charge in [-0.1, -0.05) is 6.07 Å². The molecular weight excluding hydrogens is 340 g/mol. The molecule has 0 aliphatic heterocycles. The molecule has 0 radical (unpaired) electrons. The van der Waals surface area contributed by atoms with E-state index in [1.165, 1.54) is 5.56 Å². The van der Waals surface area contributed by atoms with Gasteiger partial charge >= 0.3 is 0 Å². The standard InChI is InChI=1S/C20H22N6O/c1-14-5-6-16(12-15(14)2)20(27)23-11-10-22-18-7-8-19(26-25-18)24-17-4-3-9-21-13-17/h3-9,12-13H,10-11H2,1-2H3,(H,22,25)(H,23,27)(H,24,26). The number of rotatable bonds is 7. The van der Waals surface area contributed by atoms with Crippen LogP contribution in [-0.4, -0.2) is 34.2 Å². The minimum absolute atomic E-state index is 0.0815. The molecule has 3 N–H and O–H groups in total. The van der Waals surface area contributed by atoms with Crippen LogP contribution in [0.3, 0.4) is 0 Å². The number of aromatic nitrogens is 3. The Morgan fingerprint density at radius 2 is 1.78 bits per heavy atom. The predicted octanol–water partition coefficient (Wildman–Crippen LogP) is 3.07. The van der Waals surface area contributed by atoms with Crippen LogP contribution in [0.5, 0.6) is 0 Å². The van der Waals surface area contributed by atoms with Crippen molar-refractivity contribution in [3.05, 3.63) is 71.5 Å². The van der Waals surface area contributed by atoms with Crippen LogP contribution in [0.15, 0.2) is 54.9 Å². The quantitative estimate of drug-likeness (QED) is 0.560. The highest BCUT2D eigenvalue weighted by Crippen LogP contribution is 2.13. The molecule has 0 saturated carbocycles. The molecule has 0 saturated heterocycles. The zero-order chi connectivity index (χ0) is 19.1. The molecule has 3 rings (SSSR count). The molecule has 0 bridgehead atoms. The summed E-state index contributed by atoms with van der Waals surface area (Å²) in [6, 6.07) is 13.1. The Morgan fingerprint density at radius 3 is 2.48 bits per heavy atom. The molecule has 0 atom stereocenters. The van der Waals surface area contributed by atoms with Gasteiger partial charge < -0.3 is 16.0 Å². The monoisotopic (exact) mass is 362 g/mol. The number of carbonyl (C=O) groups excluding carboxylic acids is 1. The van der Waals surface area contributed by atoms with E-state index in [1.54, 1.807) is 12.4 Å². The van der Waals surface area contributed by atoms with Crippen LogP contribution in [0.25, 0.3) is 0 Å². The van der Waals surface area contributed by atoms with Crippen molar-refractivity contribution in [2.75, 3.05) is 23.7 Å². The van der Waals surface area contributed by atoms with Gasteiger partial charge in [-0.05, 0) is 61.4 Å². The van der Waals surface area contributed by atoms with Crippen molar-refractivity contribution in [2.45, 2.75) is 13.8 Å². The Morgan fingerprint density at radius 1 is 0.963 bits per heavy atom. The maximum Gasteiger partial charge on any atom is 0.251 e. The highest BCUT2D eigenvalue weighted by Gasteiger charge is 2.06. The second kappa shape index (κ2) is 8.75. The molecule has 3 aromatic rings. The Bertz CT molecular complexity index is 896. The van der Waals surface area contributed by atoms with Crippen LogP contribution >= 0.6 is 0 Å². The van der Waals surface area contributed by atoms with E-state index in [-0.39, 0.29) is 5.91 Å². The molecule has 2 heterocycles. The number of nitrogens with zero attached hydrogens (tertiary/aromatic N) is 3. The Labute approximate surface area is 158 Å². The molecule has 0 aliphatic carbocycles. The summed E-state index contributed by atoms with van der Waals surface area (Å²) in [5, 5.41) is 17.4. The fourth-order valence-electron chi connectivity index (χ4n) is 2.43. The maximum absolute atomic E-state index is 12.2. The van der Waals surface area contributed by atoms with E-state index in [2.05, 4.69) is 31.1 Å². The van der Waals surface area contributed by atoms with Gasteiger partial charge in [0.1, 0.15) is 5.82 Å². The number of anilines is 3. The normalized spacial score (nSPS) is 10.3. The van der Waals surface area contributed by atoms with Gasteiger partial charge in [0, 0.05) is 24.8 Å². The third kappa shape index (κ3) is 5.24. The van der Waals surface area contributed by atoms with Crippen LogP contribution in [0.2, 0.25) is 0 Å². The highest BCUT2D eigenvalue weighted by atomic mass is 16.1. The lowest BCUT2D eigenvalue weighted by Gasteiger charge is -2.09. The number of benzene rings is 1. The van der Waals surface area contributed by atoms with Crippen LogP contribution < -0.4 is 16.0 Å². The molecule has 2 aromatic heterocycles. The van der Waals surface area contributed by atoms with Crippen molar-refractivity contribution in [2.24, 2.45) is 0 Å². The topological polar surface area (TPSA) is 91.8 Å². The van der Waals surface area contributed by atoms with Gasteiger partial charge in [0.2, 0.25) is 0 Å². The molecule has 0 fully saturated rings. The summed E-state index contributed by atoms with van der Waals surface area (Å²) >= 11 is 0. The SMILES string of the molecule is Cc1ccc(C(=O)NCCNc2ccc(Nc3cccnc3)nn2)cc1C. The number of carbonyl (C=O) groups is 1. The fourth-order valence-corrected chi connectivity index (χ4v) is 2.43. The summed E-state index contributed by atoms with van der Waals surface area (Å²) < 4.78 is 0. The van der Waals surface area contributed by atoms with Gasteiger partial charge in [0.05, 0.1) is 11.9 Å². The van der Waals surface area contributed by atoms with E-state index in [4.69, 9.17) is 0 Å². The van der Waals surface area contributed by atoms with Crippen molar-refractivity contribution in [1.82, 2.24) is 20.5 Å². The number of pyridine rings is 1. The predicted molar refractivity (Wildman–Crippen MR) is 106 cm³/mol. The van der Waals surface area contributed by atoms with Crippen LogP contribution in [-0.2, 0) is 0 Å². The lowest BCUT2D eigenvalue weighted by molar-refractivity contribution is 0.0955. The lowest BCUT2D eigenvalue weighted by atomic mass is 10.1. The molecule has 0 aliphatic rings. The van der Waals surface area contributed by atoms with E-state index in [9.17, 15) is 4.79 Å². The van der Waals surface area contributed by atoms with E-state index in [0.717, 1.165) is 11.3 Å². The first kappa shape index (κ1) is 18.3. The smallest absolute Gasteiger partial charge is 0.251 e.